The van der Waals surface area contributed by atoms with E-state index in [1.165, 1.54) is 76.2 Å². The molecule has 0 bridgehead atoms. The van der Waals surface area contributed by atoms with Crippen molar-refractivity contribution in [1.82, 2.24) is 5.43 Å². The van der Waals surface area contributed by atoms with Crippen LogP contribution < -0.4 is 5.43 Å². The van der Waals surface area contributed by atoms with E-state index in [0.717, 1.165) is 11.4 Å². The highest BCUT2D eigenvalue weighted by atomic mass is 15.5. The highest BCUT2D eigenvalue weighted by Crippen LogP contribution is 2.45. The van der Waals surface area contributed by atoms with Gasteiger partial charge in [0.05, 0.1) is 0 Å². The lowest BCUT2D eigenvalue weighted by Gasteiger charge is -2.31. The Bertz CT molecular complexity index is 509. The van der Waals surface area contributed by atoms with Crippen molar-refractivity contribution in [3.05, 3.63) is 23.8 Å². The normalized spacial score (nSPS) is 22.2. The van der Waals surface area contributed by atoms with Gasteiger partial charge in [0.2, 0.25) is 0 Å². The van der Waals surface area contributed by atoms with Crippen molar-refractivity contribution in [3.63, 3.8) is 0 Å². The van der Waals surface area contributed by atoms with Crippen molar-refractivity contribution in [2.45, 2.75) is 83.0 Å². The van der Waals surface area contributed by atoms with E-state index in [0.29, 0.717) is 0 Å². The molecule has 3 rings (SSSR count). The zero-order chi connectivity index (χ0) is 15.3. The molecule has 119 valence electrons. The van der Waals surface area contributed by atoms with Crippen LogP contribution in [-0.4, -0.2) is 0 Å². The Kier molecular flexibility index (Phi) is 5.12. The maximum Gasteiger partial charge on any atom is 0.119 e. The molecule has 3 heteroatoms. The Morgan fingerprint density at radius 2 is 1.41 bits per heavy atom. The van der Waals surface area contributed by atoms with E-state index in [2.05, 4.69) is 34.8 Å². The third-order valence-corrected chi connectivity index (χ3v) is 5.42. The first kappa shape index (κ1) is 15.5. The van der Waals surface area contributed by atoms with Crippen LogP contribution in [0.5, 0.6) is 0 Å². The van der Waals surface area contributed by atoms with Gasteiger partial charge in [0, 0.05) is 0 Å². The fraction of sp³-hybridized carbons (Fsp3) is 0.684. The van der Waals surface area contributed by atoms with Crippen LogP contribution in [0.15, 0.2) is 28.5 Å². The summed E-state index contributed by atoms with van der Waals surface area (Å²) in [5.41, 5.74) is 7.71. The topological polar surface area (TPSA) is 38.8 Å². The predicted molar refractivity (Wildman–Crippen MR) is 90.9 cm³/mol. The summed E-state index contributed by atoms with van der Waals surface area (Å²) in [6.07, 6.45) is 15.0. The lowest BCUT2D eigenvalue weighted by molar-refractivity contribution is 0.357. The molecule has 2 aliphatic rings. The van der Waals surface area contributed by atoms with Gasteiger partial charge in [-0.3, -0.25) is 0 Å². The summed E-state index contributed by atoms with van der Waals surface area (Å²) in [5, 5.41) is 8.20. The van der Waals surface area contributed by atoms with E-state index in [4.69, 9.17) is 0 Å². The third-order valence-electron chi connectivity index (χ3n) is 5.42. The molecule has 0 N–H and O–H groups in total. The number of benzene rings is 1. The highest BCUT2D eigenvalue weighted by Gasteiger charge is 2.31. The Hall–Kier alpha value is -1.38. The Balaban J connectivity index is 1.80. The second kappa shape index (κ2) is 7.26. The van der Waals surface area contributed by atoms with Crippen molar-refractivity contribution in [2.75, 3.05) is 0 Å². The summed E-state index contributed by atoms with van der Waals surface area (Å²) in [7, 11) is 0. The Morgan fingerprint density at radius 3 is 2.05 bits per heavy atom. The predicted octanol–water partition coefficient (Wildman–Crippen LogP) is 6.50. The monoisotopic (exact) mass is 298 g/mol. The Morgan fingerprint density at radius 1 is 0.818 bits per heavy atom. The standard InChI is InChI=1S/C19H28N3/c1-19(16-12-11-13-17-18(16)21-22-20-17)14-9-7-5-3-2-4-6-8-10-15-19/h11-13H,2-10,14-15H2,1H3. The van der Waals surface area contributed by atoms with E-state index >= 15 is 0 Å². The summed E-state index contributed by atoms with van der Waals surface area (Å²) >= 11 is 0. The van der Waals surface area contributed by atoms with E-state index in [1.54, 1.807) is 0 Å². The van der Waals surface area contributed by atoms with E-state index in [1.807, 2.05) is 6.07 Å². The van der Waals surface area contributed by atoms with Crippen molar-refractivity contribution in [1.29, 1.82) is 0 Å². The van der Waals surface area contributed by atoms with Gasteiger partial charge >= 0.3 is 0 Å². The molecule has 1 aromatic carbocycles. The molecule has 1 saturated carbocycles. The van der Waals surface area contributed by atoms with Gasteiger partial charge in [0.1, 0.15) is 11.4 Å². The molecular weight excluding hydrogens is 270 g/mol. The van der Waals surface area contributed by atoms with Crippen molar-refractivity contribution in [2.24, 2.45) is 10.3 Å². The van der Waals surface area contributed by atoms with Crippen LogP contribution in [-0.2, 0) is 5.41 Å². The maximum absolute atomic E-state index is 4.31. The second-order valence-corrected chi connectivity index (χ2v) is 7.21. The third kappa shape index (κ3) is 3.50. The van der Waals surface area contributed by atoms with Crippen LogP contribution in [0.1, 0.15) is 83.1 Å². The van der Waals surface area contributed by atoms with E-state index < -0.39 is 0 Å². The molecule has 22 heavy (non-hydrogen) atoms. The first-order valence-electron chi connectivity index (χ1n) is 9.05. The van der Waals surface area contributed by atoms with Crippen LogP contribution in [0.3, 0.4) is 0 Å². The summed E-state index contributed by atoms with van der Waals surface area (Å²) in [4.78, 5) is 0. The molecule has 0 spiro atoms. The number of hydrogen-bond acceptors (Lipinski definition) is 2. The molecule has 0 saturated heterocycles. The van der Waals surface area contributed by atoms with Gasteiger partial charge in [-0.2, -0.15) is 0 Å². The Labute approximate surface area is 134 Å². The summed E-state index contributed by atoms with van der Waals surface area (Å²) < 4.78 is 0. The lowest BCUT2D eigenvalue weighted by atomic mass is 9.73. The molecule has 1 aliphatic carbocycles. The largest absolute Gasteiger partial charge is 0.128 e. The number of fused-ring (bicyclic) bond motifs is 1. The first-order valence-corrected chi connectivity index (χ1v) is 9.05. The van der Waals surface area contributed by atoms with Crippen LogP contribution in [0.25, 0.3) is 0 Å². The molecule has 3 nitrogen and oxygen atoms in total. The van der Waals surface area contributed by atoms with Crippen LogP contribution >= 0.6 is 0 Å². The average molecular weight is 298 g/mol. The molecule has 0 aromatic heterocycles. The SMILES string of the molecule is CC1(c2cccc3c2N=N[N]3)CCCCCCCCCCC1. The fourth-order valence-electron chi connectivity index (χ4n) is 3.98. The van der Waals surface area contributed by atoms with Gasteiger partial charge in [-0.25, -0.2) is 0 Å². The van der Waals surface area contributed by atoms with Gasteiger partial charge in [-0.15, -0.1) is 10.5 Å². The van der Waals surface area contributed by atoms with Crippen LogP contribution in [0.2, 0.25) is 0 Å². The summed E-state index contributed by atoms with van der Waals surface area (Å²) in [5.74, 6) is 0. The molecule has 1 aromatic rings. The molecule has 0 amide bonds. The maximum atomic E-state index is 4.31. The average Bonchev–Trinajstić information content (AvgIpc) is 2.99. The fourth-order valence-corrected chi connectivity index (χ4v) is 3.98. The quantitative estimate of drug-likeness (QED) is 0.568. The number of rotatable bonds is 1. The molecular formula is C19H28N3. The number of hydrogen-bond donors (Lipinski definition) is 0. The second-order valence-electron chi connectivity index (χ2n) is 7.21. The molecule has 1 radical (unpaired) electrons. The van der Waals surface area contributed by atoms with Gasteiger partial charge in [-0.1, -0.05) is 76.8 Å². The van der Waals surface area contributed by atoms with Crippen LogP contribution in [0, 0.1) is 0 Å². The van der Waals surface area contributed by atoms with Gasteiger partial charge in [0.15, 0.2) is 0 Å². The van der Waals surface area contributed by atoms with Crippen molar-refractivity contribution in [3.8, 4) is 0 Å². The zero-order valence-electron chi connectivity index (χ0n) is 13.9. The molecule has 0 unspecified atom stereocenters. The number of nitrogens with zero attached hydrogens (tertiary/aromatic N) is 3. The minimum Gasteiger partial charge on any atom is -0.128 e. The minimum absolute atomic E-state index is 0.226. The molecule has 1 aliphatic heterocycles. The highest BCUT2D eigenvalue weighted by molar-refractivity contribution is 5.68. The van der Waals surface area contributed by atoms with Crippen molar-refractivity contribution < 1.29 is 0 Å². The molecule has 0 atom stereocenters. The van der Waals surface area contributed by atoms with Gasteiger partial charge in [-0.05, 0) is 35.1 Å². The van der Waals surface area contributed by atoms with Crippen molar-refractivity contribution >= 4 is 11.4 Å². The summed E-state index contributed by atoms with van der Waals surface area (Å²) in [6, 6.07) is 6.40. The minimum atomic E-state index is 0.226. The zero-order valence-corrected chi connectivity index (χ0v) is 13.9. The lowest BCUT2D eigenvalue weighted by Crippen LogP contribution is -2.22. The first-order chi connectivity index (χ1) is 10.8. The van der Waals surface area contributed by atoms with Gasteiger partial charge in [0.25, 0.3) is 0 Å². The van der Waals surface area contributed by atoms with Gasteiger partial charge < -0.3 is 0 Å². The summed E-state index contributed by atoms with van der Waals surface area (Å²) in [6.45, 7) is 2.43. The van der Waals surface area contributed by atoms with E-state index in [9.17, 15) is 0 Å². The molecule has 1 heterocycles. The van der Waals surface area contributed by atoms with E-state index in [-0.39, 0.29) is 5.41 Å². The van der Waals surface area contributed by atoms with Crippen LogP contribution in [0.4, 0.5) is 11.4 Å². The molecule has 1 fully saturated rings. The smallest absolute Gasteiger partial charge is 0.119 e.